The second-order valence-electron chi connectivity index (χ2n) is 4.75. The van der Waals surface area contributed by atoms with Crippen LogP contribution in [0.4, 0.5) is 4.79 Å². The predicted molar refractivity (Wildman–Crippen MR) is 79.2 cm³/mol. The van der Waals surface area contributed by atoms with Crippen molar-refractivity contribution in [2.24, 2.45) is 0 Å². The SMILES string of the molecule is CN(C)C(=O)Oc1cccc2nc(-c3ccccc3)oc12. The van der Waals surface area contributed by atoms with E-state index in [2.05, 4.69) is 4.98 Å². The summed E-state index contributed by atoms with van der Waals surface area (Å²) in [6.07, 6.45) is -0.458. The second-order valence-corrected chi connectivity index (χ2v) is 4.75. The number of carbonyl (C=O) groups is 1. The van der Waals surface area contributed by atoms with E-state index in [1.54, 1.807) is 26.2 Å². The van der Waals surface area contributed by atoms with E-state index < -0.39 is 6.09 Å². The molecule has 0 N–H and O–H groups in total. The van der Waals surface area contributed by atoms with Crippen LogP contribution in [0.2, 0.25) is 0 Å². The minimum Gasteiger partial charge on any atom is -0.432 e. The molecule has 3 rings (SSSR count). The third-order valence-corrected chi connectivity index (χ3v) is 2.96. The van der Waals surface area contributed by atoms with Crippen molar-refractivity contribution in [3.05, 3.63) is 48.5 Å². The van der Waals surface area contributed by atoms with Crippen LogP contribution in [0.3, 0.4) is 0 Å². The van der Waals surface area contributed by atoms with Crippen molar-refractivity contribution in [2.75, 3.05) is 14.1 Å². The highest BCUT2D eigenvalue weighted by Gasteiger charge is 2.15. The molecule has 0 bridgehead atoms. The summed E-state index contributed by atoms with van der Waals surface area (Å²) in [5.74, 6) is 0.861. The van der Waals surface area contributed by atoms with Crippen molar-refractivity contribution in [2.45, 2.75) is 0 Å². The lowest BCUT2D eigenvalue weighted by molar-refractivity contribution is 0.172. The summed E-state index contributed by atoms with van der Waals surface area (Å²) in [5, 5.41) is 0. The first-order chi connectivity index (χ1) is 10.1. The summed E-state index contributed by atoms with van der Waals surface area (Å²) in [7, 11) is 3.25. The molecule has 21 heavy (non-hydrogen) atoms. The van der Waals surface area contributed by atoms with E-state index in [4.69, 9.17) is 9.15 Å². The summed E-state index contributed by atoms with van der Waals surface area (Å²) < 4.78 is 11.1. The fraction of sp³-hybridized carbons (Fsp3) is 0.125. The minimum absolute atomic E-state index is 0.362. The van der Waals surface area contributed by atoms with Gasteiger partial charge < -0.3 is 14.1 Å². The van der Waals surface area contributed by atoms with Gasteiger partial charge >= 0.3 is 6.09 Å². The molecule has 1 amide bonds. The van der Waals surface area contributed by atoms with Crippen LogP contribution in [-0.4, -0.2) is 30.1 Å². The lowest BCUT2D eigenvalue weighted by Gasteiger charge is -2.10. The Morgan fingerprint density at radius 1 is 1.10 bits per heavy atom. The van der Waals surface area contributed by atoms with Crippen molar-refractivity contribution in [3.63, 3.8) is 0 Å². The zero-order valence-corrected chi connectivity index (χ0v) is 11.7. The monoisotopic (exact) mass is 282 g/mol. The highest BCUT2D eigenvalue weighted by molar-refractivity contribution is 5.84. The van der Waals surface area contributed by atoms with Gasteiger partial charge in [-0.25, -0.2) is 9.78 Å². The Hall–Kier alpha value is -2.82. The number of aromatic nitrogens is 1. The highest BCUT2D eigenvalue weighted by Crippen LogP contribution is 2.30. The first-order valence-electron chi connectivity index (χ1n) is 6.49. The maximum atomic E-state index is 11.7. The number of fused-ring (bicyclic) bond motifs is 1. The lowest BCUT2D eigenvalue weighted by Crippen LogP contribution is -2.25. The molecule has 0 aliphatic carbocycles. The molecule has 0 atom stereocenters. The van der Waals surface area contributed by atoms with Gasteiger partial charge in [-0.2, -0.15) is 0 Å². The first kappa shape index (κ1) is 13.2. The zero-order valence-electron chi connectivity index (χ0n) is 11.7. The summed E-state index contributed by atoms with van der Waals surface area (Å²) in [6.45, 7) is 0. The van der Waals surface area contributed by atoms with Gasteiger partial charge in [0.2, 0.25) is 5.89 Å². The van der Waals surface area contributed by atoms with Gasteiger partial charge in [-0.3, -0.25) is 0 Å². The average Bonchev–Trinajstić information content (AvgIpc) is 2.93. The number of nitrogens with zero attached hydrogens (tertiary/aromatic N) is 2. The molecule has 5 nitrogen and oxygen atoms in total. The van der Waals surface area contributed by atoms with Gasteiger partial charge in [0.05, 0.1) is 0 Å². The van der Waals surface area contributed by atoms with Gasteiger partial charge in [0.15, 0.2) is 11.3 Å². The fourth-order valence-corrected chi connectivity index (χ4v) is 1.89. The number of carbonyl (C=O) groups excluding carboxylic acids is 1. The predicted octanol–water partition coefficient (Wildman–Crippen LogP) is 3.56. The lowest BCUT2D eigenvalue weighted by atomic mass is 10.2. The molecule has 1 heterocycles. The average molecular weight is 282 g/mol. The molecule has 0 aliphatic heterocycles. The van der Waals surface area contributed by atoms with Crippen LogP contribution in [0, 0.1) is 0 Å². The number of amides is 1. The smallest absolute Gasteiger partial charge is 0.414 e. The number of oxazole rings is 1. The van der Waals surface area contributed by atoms with E-state index in [1.165, 1.54) is 4.90 Å². The van der Waals surface area contributed by atoms with Gasteiger partial charge in [-0.05, 0) is 24.3 Å². The number of ether oxygens (including phenoxy) is 1. The molecule has 1 aromatic heterocycles. The quantitative estimate of drug-likeness (QED) is 0.721. The molecular weight excluding hydrogens is 268 g/mol. The third kappa shape index (κ3) is 2.58. The molecule has 106 valence electrons. The third-order valence-electron chi connectivity index (χ3n) is 2.96. The van der Waals surface area contributed by atoms with Crippen LogP contribution < -0.4 is 4.74 Å². The Morgan fingerprint density at radius 3 is 2.57 bits per heavy atom. The maximum absolute atomic E-state index is 11.7. The van der Waals surface area contributed by atoms with Gasteiger partial charge in [-0.15, -0.1) is 0 Å². The van der Waals surface area contributed by atoms with E-state index in [0.29, 0.717) is 22.7 Å². The molecule has 0 radical (unpaired) electrons. The maximum Gasteiger partial charge on any atom is 0.414 e. The normalized spacial score (nSPS) is 10.6. The van der Waals surface area contributed by atoms with Crippen LogP contribution in [0.5, 0.6) is 5.75 Å². The minimum atomic E-state index is -0.458. The number of para-hydroxylation sites is 1. The summed E-state index contributed by atoms with van der Waals surface area (Å²) >= 11 is 0. The Labute approximate surface area is 121 Å². The molecule has 0 aliphatic rings. The van der Waals surface area contributed by atoms with Crippen molar-refractivity contribution < 1.29 is 13.9 Å². The van der Waals surface area contributed by atoms with Crippen LogP contribution >= 0.6 is 0 Å². The van der Waals surface area contributed by atoms with Gasteiger partial charge in [0, 0.05) is 19.7 Å². The number of hydrogen-bond acceptors (Lipinski definition) is 4. The van der Waals surface area contributed by atoms with Crippen molar-refractivity contribution in [1.82, 2.24) is 9.88 Å². The summed E-state index contributed by atoms with van der Waals surface area (Å²) in [4.78, 5) is 17.5. The van der Waals surface area contributed by atoms with Gasteiger partial charge in [0.1, 0.15) is 5.52 Å². The van der Waals surface area contributed by atoms with Crippen molar-refractivity contribution >= 4 is 17.2 Å². The molecule has 0 spiro atoms. The summed E-state index contributed by atoms with van der Waals surface area (Å²) in [5.41, 5.74) is 1.99. The van der Waals surface area contributed by atoms with E-state index >= 15 is 0 Å². The van der Waals surface area contributed by atoms with Crippen LogP contribution in [0.15, 0.2) is 52.9 Å². The fourth-order valence-electron chi connectivity index (χ4n) is 1.89. The highest BCUT2D eigenvalue weighted by atomic mass is 16.6. The van der Waals surface area contributed by atoms with E-state index in [9.17, 15) is 4.79 Å². The van der Waals surface area contributed by atoms with Crippen LogP contribution in [0.25, 0.3) is 22.6 Å². The van der Waals surface area contributed by atoms with Crippen LogP contribution in [-0.2, 0) is 0 Å². The molecule has 5 heteroatoms. The Balaban J connectivity index is 2.04. The second kappa shape index (κ2) is 5.28. The molecule has 3 aromatic rings. The van der Waals surface area contributed by atoms with Gasteiger partial charge in [-0.1, -0.05) is 24.3 Å². The van der Waals surface area contributed by atoms with Gasteiger partial charge in [0.25, 0.3) is 0 Å². The van der Waals surface area contributed by atoms with E-state index in [1.807, 2.05) is 36.4 Å². The molecule has 2 aromatic carbocycles. The number of hydrogen-bond donors (Lipinski definition) is 0. The Morgan fingerprint density at radius 2 is 1.86 bits per heavy atom. The number of benzene rings is 2. The first-order valence-corrected chi connectivity index (χ1v) is 6.49. The van der Waals surface area contributed by atoms with Crippen molar-refractivity contribution in [3.8, 4) is 17.2 Å². The topological polar surface area (TPSA) is 55.6 Å². The molecule has 0 saturated heterocycles. The molecular formula is C16H14N2O3. The molecule has 0 saturated carbocycles. The summed E-state index contributed by atoms with van der Waals surface area (Å²) in [6, 6.07) is 14.9. The van der Waals surface area contributed by atoms with E-state index in [-0.39, 0.29) is 0 Å². The largest absolute Gasteiger partial charge is 0.432 e. The Kier molecular flexibility index (Phi) is 3.31. The standard InChI is InChI=1S/C16H14N2O3/c1-18(2)16(19)20-13-10-6-9-12-14(13)21-15(17-12)11-7-4-3-5-8-11/h3-10H,1-2H3. The Bertz CT molecular complexity index is 779. The van der Waals surface area contributed by atoms with Crippen molar-refractivity contribution in [1.29, 1.82) is 0 Å². The molecule has 0 fully saturated rings. The number of rotatable bonds is 2. The zero-order chi connectivity index (χ0) is 14.8. The van der Waals surface area contributed by atoms with Crippen LogP contribution in [0.1, 0.15) is 0 Å². The molecule has 0 unspecified atom stereocenters. The van der Waals surface area contributed by atoms with E-state index in [0.717, 1.165) is 5.56 Å².